The van der Waals surface area contributed by atoms with Gasteiger partial charge in [0.1, 0.15) is 0 Å². The Kier molecular flexibility index (Phi) is 4.49. The van der Waals surface area contributed by atoms with Crippen LogP contribution in [0.2, 0.25) is 0 Å². The van der Waals surface area contributed by atoms with E-state index in [-0.39, 0.29) is 10.8 Å². The summed E-state index contributed by atoms with van der Waals surface area (Å²) in [7, 11) is 0. The van der Waals surface area contributed by atoms with Gasteiger partial charge in [-0.1, -0.05) is 27.7 Å². The van der Waals surface area contributed by atoms with Gasteiger partial charge in [-0.25, -0.2) is 0 Å². The lowest BCUT2D eigenvalue weighted by molar-refractivity contribution is 0.100. The molecule has 0 aliphatic heterocycles. The Labute approximate surface area is 170 Å². The number of anilines is 2. The third kappa shape index (κ3) is 3.10. The Morgan fingerprint density at radius 2 is 1.68 bits per heavy atom. The average molecular weight is 397 g/mol. The summed E-state index contributed by atoms with van der Waals surface area (Å²) in [6, 6.07) is 7.84. The van der Waals surface area contributed by atoms with Crippen LogP contribution in [0.25, 0.3) is 0 Å². The zero-order chi connectivity index (χ0) is 20.3. The van der Waals surface area contributed by atoms with Gasteiger partial charge in [0.25, 0.3) is 0 Å². The lowest BCUT2D eigenvalue weighted by Gasteiger charge is -2.39. The second-order valence-corrected chi connectivity index (χ2v) is 10.5. The number of nitrogens with zero attached hydrogens (tertiary/aromatic N) is 2. The number of hydrogen-bond acceptors (Lipinski definition) is 4. The van der Waals surface area contributed by atoms with Crippen molar-refractivity contribution < 1.29 is 4.79 Å². The predicted octanol–water partition coefficient (Wildman–Crippen LogP) is 6.61. The first-order valence-corrected chi connectivity index (χ1v) is 10.9. The summed E-state index contributed by atoms with van der Waals surface area (Å²) in [6.45, 7) is 11.8. The molecule has 1 heterocycles. The van der Waals surface area contributed by atoms with Crippen molar-refractivity contribution in [2.75, 3.05) is 4.90 Å². The minimum atomic E-state index is -0.712. The fourth-order valence-electron chi connectivity index (χ4n) is 4.53. The van der Waals surface area contributed by atoms with Gasteiger partial charge in [0.2, 0.25) is 0 Å². The number of carbonyl (C=O) groups excluding carboxylic acids is 1. The van der Waals surface area contributed by atoms with Gasteiger partial charge in [0.05, 0.1) is 5.00 Å². The van der Waals surface area contributed by atoms with E-state index in [1.165, 1.54) is 46.7 Å². The number of benzene rings is 1. The lowest BCUT2D eigenvalue weighted by atomic mass is 9.66. The van der Waals surface area contributed by atoms with Crippen molar-refractivity contribution in [2.24, 2.45) is 5.18 Å². The van der Waals surface area contributed by atoms with E-state index in [4.69, 9.17) is 0 Å². The van der Waals surface area contributed by atoms with Crippen molar-refractivity contribution in [1.29, 1.82) is 0 Å². The molecule has 0 N–H and O–H groups in total. The second kappa shape index (κ2) is 6.51. The van der Waals surface area contributed by atoms with Crippen molar-refractivity contribution in [1.82, 2.24) is 0 Å². The third-order valence-electron chi connectivity index (χ3n) is 6.39. The smallest absolute Gasteiger partial charge is 0.316 e. The monoisotopic (exact) mass is 396 g/mol. The molecule has 4 rings (SSSR count). The zero-order valence-electron chi connectivity index (χ0n) is 17.3. The van der Waals surface area contributed by atoms with Crippen molar-refractivity contribution in [3.05, 3.63) is 50.7 Å². The normalized spacial score (nSPS) is 19.8. The molecule has 1 aromatic heterocycles. The molecule has 2 aliphatic carbocycles. The fraction of sp³-hybridized carbons (Fsp3) is 0.522. The summed E-state index contributed by atoms with van der Waals surface area (Å²) in [6.07, 6.45) is 4.80. The molecule has 1 saturated carbocycles. The molecule has 0 spiro atoms. The molecule has 0 bridgehead atoms. The lowest BCUT2D eigenvalue weighted by Crippen LogP contribution is -2.32. The number of nitroso groups, excluding NO2 is 1. The molecule has 0 unspecified atom stereocenters. The van der Waals surface area contributed by atoms with Gasteiger partial charge in [0.15, 0.2) is 0 Å². The third-order valence-corrected chi connectivity index (χ3v) is 8.05. The molecular formula is C23H28N2O2S. The van der Waals surface area contributed by atoms with Crippen LogP contribution in [-0.2, 0) is 10.8 Å². The maximum atomic E-state index is 11.5. The number of hydrogen-bond donors (Lipinski definition) is 0. The minimum absolute atomic E-state index is 0.199. The largest absolute Gasteiger partial charge is 0.330 e. The van der Waals surface area contributed by atoms with Gasteiger partial charge in [-0.3, -0.25) is 4.79 Å². The van der Waals surface area contributed by atoms with E-state index in [9.17, 15) is 9.70 Å². The number of fused-ring (bicyclic) bond motifs is 1. The highest BCUT2D eigenvalue weighted by Crippen LogP contribution is 2.55. The van der Waals surface area contributed by atoms with Gasteiger partial charge in [-0.2, -0.15) is 0 Å². The number of amides is 1. The molecule has 148 valence electrons. The van der Waals surface area contributed by atoms with Gasteiger partial charge >= 0.3 is 5.91 Å². The standard InChI is InChI=1S/C23H28N2O2S/c1-14-18-19(23(4,5)13-12-22(18,2)3)28-21(14)25(17-10-11-17)16-8-6-15(7-9-16)20(26)24-27/h6-9,17H,10-13H2,1-5H3. The van der Waals surface area contributed by atoms with Crippen LogP contribution in [0.1, 0.15) is 79.7 Å². The molecule has 0 atom stereocenters. The molecular weight excluding hydrogens is 368 g/mol. The van der Waals surface area contributed by atoms with Crippen LogP contribution in [0.3, 0.4) is 0 Å². The highest BCUT2D eigenvalue weighted by atomic mass is 32.1. The van der Waals surface area contributed by atoms with E-state index in [2.05, 4.69) is 44.7 Å². The van der Waals surface area contributed by atoms with Crippen LogP contribution in [0.4, 0.5) is 10.7 Å². The molecule has 2 aliphatic rings. The Morgan fingerprint density at radius 3 is 2.21 bits per heavy atom. The Hall–Kier alpha value is -2.01. The highest BCUT2D eigenvalue weighted by molar-refractivity contribution is 7.16. The van der Waals surface area contributed by atoms with Crippen molar-refractivity contribution in [3.8, 4) is 0 Å². The van der Waals surface area contributed by atoms with Crippen LogP contribution in [0, 0.1) is 11.8 Å². The van der Waals surface area contributed by atoms with Crippen LogP contribution in [0.5, 0.6) is 0 Å². The topological polar surface area (TPSA) is 49.7 Å². The number of rotatable bonds is 4. The maximum Gasteiger partial charge on any atom is 0.316 e. The summed E-state index contributed by atoms with van der Waals surface area (Å²) < 4.78 is 0. The first-order chi connectivity index (χ1) is 13.2. The molecule has 2 aromatic rings. The molecule has 1 amide bonds. The van der Waals surface area contributed by atoms with Crippen molar-refractivity contribution >= 4 is 27.9 Å². The first-order valence-electron chi connectivity index (χ1n) is 10.1. The summed E-state index contributed by atoms with van der Waals surface area (Å²) in [5.41, 5.74) is 4.77. The summed E-state index contributed by atoms with van der Waals surface area (Å²) in [5.74, 6) is -0.712. The van der Waals surface area contributed by atoms with E-state index in [1.54, 1.807) is 12.1 Å². The molecule has 0 radical (unpaired) electrons. The Morgan fingerprint density at radius 1 is 1.07 bits per heavy atom. The van der Waals surface area contributed by atoms with Crippen LogP contribution >= 0.6 is 11.3 Å². The van der Waals surface area contributed by atoms with Crippen molar-refractivity contribution in [3.63, 3.8) is 0 Å². The number of carbonyl (C=O) groups is 1. The first kappa shape index (κ1) is 19.3. The molecule has 1 aromatic carbocycles. The number of thiophene rings is 1. The van der Waals surface area contributed by atoms with E-state index >= 15 is 0 Å². The van der Waals surface area contributed by atoms with Gasteiger partial charge in [-0.05, 0) is 78.8 Å². The quantitative estimate of drug-likeness (QED) is 0.546. The van der Waals surface area contributed by atoms with Crippen LogP contribution in [-0.4, -0.2) is 11.9 Å². The summed E-state index contributed by atoms with van der Waals surface area (Å²) >= 11 is 1.95. The molecule has 1 fully saturated rings. The van der Waals surface area contributed by atoms with Gasteiger partial charge in [0, 0.05) is 27.3 Å². The van der Waals surface area contributed by atoms with Gasteiger partial charge < -0.3 is 4.90 Å². The van der Waals surface area contributed by atoms with Crippen LogP contribution < -0.4 is 4.90 Å². The fourth-order valence-corrected chi connectivity index (χ4v) is 6.24. The van der Waals surface area contributed by atoms with Crippen LogP contribution in [0.15, 0.2) is 29.4 Å². The zero-order valence-corrected chi connectivity index (χ0v) is 18.2. The van der Waals surface area contributed by atoms with Crippen molar-refractivity contribution in [2.45, 2.75) is 77.2 Å². The molecule has 0 saturated heterocycles. The highest BCUT2D eigenvalue weighted by Gasteiger charge is 2.43. The average Bonchev–Trinajstić information content (AvgIpc) is 3.42. The van der Waals surface area contributed by atoms with E-state index in [1.807, 2.05) is 23.5 Å². The molecule has 5 heteroatoms. The summed E-state index contributed by atoms with van der Waals surface area (Å²) in [5, 5.41) is 3.86. The van der Waals surface area contributed by atoms with E-state index in [0.717, 1.165) is 5.69 Å². The molecule has 4 nitrogen and oxygen atoms in total. The Bertz CT molecular complexity index is 936. The SMILES string of the molecule is Cc1c(N(c2ccc(C(=O)N=O)cc2)C2CC2)sc2c1C(C)(C)CCC2(C)C. The predicted molar refractivity (Wildman–Crippen MR) is 116 cm³/mol. The van der Waals surface area contributed by atoms with E-state index in [0.29, 0.717) is 11.6 Å². The second-order valence-electron chi connectivity index (χ2n) is 9.55. The van der Waals surface area contributed by atoms with E-state index < -0.39 is 5.91 Å². The minimum Gasteiger partial charge on any atom is -0.330 e. The Balaban J connectivity index is 1.81. The summed E-state index contributed by atoms with van der Waals surface area (Å²) in [4.78, 5) is 26.1. The maximum absolute atomic E-state index is 11.5. The molecule has 28 heavy (non-hydrogen) atoms. The van der Waals surface area contributed by atoms with Gasteiger partial charge in [-0.15, -0.1) is 16.2 Å².